The van der Waals surface area contributed by atoms with Gasteiger partial charge < -0.3 is 15.0 Å². The van der Waals surface area contributed by atoms with Crippen LogP contribution in [0.3, 0.4) is 0 Å². The number of hydrogen-bond acceptors (Lipinski definition) is 5. The van der Waals surface area contributed by atoms with Crippen LogP contribution in [0.5, 0.6) is 5.75 Å². The number of nitrogens with one attached hydrogen (secondary N) is 2. The second-order valence-corrected chi connectivity index (χ2v) is 8.03. The average Bonchev–Trinajstić information content (AvgIpc) is 3.37. The number of aromatic amines is 1. The molecule has 2 atom stereocenters. The molecule has 7 nitrogen and oxygen atoms in total. The Kier molecular flexibility index (Phi) is 4.94. The molecule has 0 saturated carbocycles. The van der Waals surface area contributed by atoms with Crippen molar-refractivity contribution in [2.75, 3.05) is 23.9 Å². The van der Waals surface area contributed by atoms with Gasteiger partial charge in [-0.3, -0.25) is 14.6 Å². The van der Waals surface area contributed by atoms with E-state index in [1.807, 2.05) is 36.4 Å². The Labute approximate surface area is 180 Å². The van der Waals surface area contributed by atoms with Crippen LogP contribution >= 0.6 is 0 Å². The second kappa shape index (κ2) is 7.91. The first kappa shape index (κ1) is 19.4. The van der Waals surface area contributed by atoms with Gasteiger partial charge in [-0.05, 0) is 36.1 Å². The summed E-state index contributed by atoms with van der Waals surface area (Å²) in [5.74, 6) is 0.942. The van der Waals surface area contributed by atoms with E-state index in [1.165, 1.54) is 17.2 Å². The number of methoxy groups -OCH3 is 1. The van der Waals surface area contributed by atoms with Crippen molar-refractivity contribution in [2.45, 2.75) is 31.2 Å². The molecule has 0 spiro atoms. The summed E-state index contributed by atoms with van der Waals surface area (Å²) in [4.78, 5) is 34.3. The normalized spacial score (nSPS) is 20.0. The first-order chi connectivity index (χ1) is 15.1. The number of ether oxygens (including phenoxy) is 1. The predicted octanol–water partition coefficient (Wildman–Crippen LogP) is 3.40. The Hall–Kier alpha value is -3.61. The number of fused-ring (bicyclic) bond motifs is 1. The summed E-state index contributed by atoms with van der Waals surface area (Å²) >= 11 is 0. The number of para-hydroxylation sites is 2. The maximum absolute atomic E-state index is 12.8. The smallest absolute Gasteiger partial charge is 0.252 e. The number of hydrogen-bond donors (Lipinski definition) is 2. The number of anilines is 2. The minimum Gasteiger partial charge on any atom is -0.495 e. The molecule has 2 aromatic carbocycles. The molecule has 0 radical (unpaired) electrons. The summed E-state index contributed by atoms with van der Waals surface area (Å²) in [6.07, 6.45) is 2.26. The number of rotatable bonds is 5. The van der Waals surface area contributed by atoms with Crippen molar-refractivity contribution < 1.29 is 9.53 Å². The van der Waals surface area contributed by atoms with E-state index in [-0.39, 0.29) is 23.4 Å². The molecular weight excluding hydrogens is 392 g/mol. The predicted molar refractivity (Wildman–Crippen MR) is 119 cm³/mol. The van der Waals surface area contributed by atoms with Crippen molar-refractivity contribution in [1.29, 1.82) is 0 Å². The van der Waals surface area contributed by atoms with E-state index in [9.17, 15) is 9.59 Å². The molecule has 3 aromatic rings. The molecular formula is C24H24N4O3. The van der Waals surface area contributed by atoms with Gasteiger partial charge in [0.25, 0.3) is 5.56 Å². The molecule has 5 rings (SSSR count). The summed E-state index contributed by atoms with van der Waals surface area (Å²) in [6, 6.07) is 17.4. The van der Waals surface area contributed by atoms with Crippen LogP contribution in [0, 0.1) is 0 Å². The number of amides is 1. The third-order valence-corrected chi connectivity index (χ3v) is 6.12. The van der Waals surface area contributed by atoms with E-state index >= 15 is 0 Å². The molecule has 0 unspecified atom stereocenters. The van der Waals surface area contributed by atoms with Crippen LogP contribution in [0.2, 0.25) is 0 Å². The fourth-order valence-electron chi connectivity index (χ4n) is 4.62. The first-order valence-corrected chi connectivity index (χ1v) is 10.5. The SMILES string of the molecule is COc1ccccc1N1C[C@@H](c2cc(=O)[nH]c(N[C@H]3CCc4ccccc43)n2)CC1=O. The Bertz CT molecular complexity index is 1190. The van der Waals surface area contributed by atoms with Gasteiger partial charge in [-0.2, -0.15) is 0 Å². The number of nitrogens with zero attached hydrogens (tertiary/aromatic N) is 2. The number of aryl methyl sites for hydroxylation is 1. The quantitative estimate of drug-likeness (QED) is 0.666. The van der Waals surface area contributed by atoms with E-state index in [1.54, 1.807) is 12.0 Å². The van der Waals surface area contributed by atoms with Crippen molar-refractivity contribution in [3.05, 3.63) is 81.8 Å². The highest BCUT2D eigenvalue weighted by Crippen LogP contribution is 2.36. The maximum atomic E-state index is 12.8. The van der Waals surface area contributed by atoms with E-state index in [2.05, 4.69) is 27.4 Å². The lowest BCUT2D eigenvalue weighted by Gasteiger charge is -2.19. The summed E-state index contributed by atoms with van der Waals surface area (Å²) < 4.78 is 5.41. The highest BCUT2D eigenvalue weighted by Gasteiger charge is 2.34. The van der Waals surface area contributed by atoms with Crippen molar-refractivity contribution in [2.24, 2.45) is 0 Å². The average molecular weight is 416 g/mol. The number of carbonyl (C=O) groups is 1. The number of benzene rings is 2. The zero-order valence-corrected chi connectivity index (χ0v) is 17.3. The molecule has 2 N–H and O–H groups in total. The molecule has 158 valence electrons. The van der Waals surface area contributed by atoms with Crippen molar-refractivity contribution in [3.63, 3.8) is 0 Å². The summed E-state index contributed by atoms with van der Waals surface area (Å²) in [6.45, 7) is 0.460. The molecule has 1 aliphatic heterocycles. The highest BCUT2D eigenvalue weighted by atomic mass is 16.5. The molecule has 1 aliphatic carbocycles. The van der Waals surface area contributed by atoms with Crippen LogP contribution in [0.15, 0.2) is 59.4 Å². The Balaban J connectivity index is 1.39. The molecule has 1 fully saturated rings. The molecule has 2 aliphatic rings. The van der Waals surface area contributed by atoms with Crippen molar-refractivity contribution in [1.82, 2.24) is 9.97 Å². The van der Waals surface area contributed by atoms with Crippen molar-refractivity contribution >= 4 is 17.5 Å². The molecule has 7 heteroatoms. The van der Waals surface area contributed by atoms with Crippen LogP contribution in [0.1, 0.15) is 41.6 Å². The van der Waals surface area contributed by atoms with E-state index in [0.717, 1.165) is 18.5 Å². The van der Waals surface area contributed by atoms with Crippen LogP contribution in [0.4, 0.5) is 11.6 Å². The topological polar surface area (TPSA) is 87.3 Å². The number of carbonyl (C=O) groups excluding carboxylic acids is 1. The standard InChI is InChI=1S/C24H24N4O3/c1-31-21-9-5-4-8-20(21)28-14-16(12-23(28)30)19-13-22(29)27-24(26-19)25-18-11-10-15-6-2-3-7-17(15)18/h2-9,13,16,18H,10-12,14H2,1H3,(H2,25,26,27,29)/t16-,18-/m0/s1. The summed E-state index contributed by atoms with van der Waals surface area (Å²) in [5, 5.41) is 3.39. The second-order valence-electron chi connectivity index (χ2n) is 8.03. The lowest BCUT2D eigenvalue weighted by Crippen LogP contribution is -2.25. The monoisotopic (exact) mass is 416 g/mol. The fraction of sp³-hybridized carbons (Fsp3) is 0.292. The molecule has 2 heterocycles. The largest absolute Gasteiger partial charge is 0.495 e. The van der Waals surface area contributed by atoms with Crippen molar-refractivity contribution in [3.8, 4) is 5.75 Å². The summed E-state index contributed by atoms with van der Waals surface area (Å²) in [5.41, 5.74) is 3.72. The van der Waals surface area contributed by atoms with Gasteiger partial charge in [0.05, 0.1) is 24.5 Å². The zero-order chi connectivity index (χ0) is 21.4. The van der Waals surface area contributed by atoms with Crippen LogP contribution in [-0.4, -0.2) is 29.5 Å². The Morgan fingerprint density at radius 1 is 1.13 bits per heavy atom. The first-order valence-electron chi connectivity index (χ1n) is 10.5. The molecule has 0 bridgehead atoms. The highest BCUT2D eigenvalue weighted by molar-refractivity contribution is 5.97. The molecule has 1 saturated heterocycles. The molecule has 1 amide bonds. The lowest BCUT2D eigenvalue weighted by molar-refractivity contribution is -0.117. The fourth-order valence-corrected chi connectivity index (χ4v) is 4.62. The van der Waals surface area contributed by atoms with Gasteiger partial charge in [-0.15, -0.1) is 0 Å². The van der Waals surface area contributed by atoms with Crippen LogP contribution in [0.25, 0.3) is 0 Å². The number of H-pyrrole nitrogens is 1. The van der Waals surface area contributed by atoms with Crippen LogP contribution in [-0.2, 0) is 11.2 Å². The van der Waals surface area contributed by atoms with E-state index < -0.39 is 0 Å². The molecule has 31 heavy (non-hydrogen) atoms. The van der Waals surface area contributed by atoms with Gasteiger partial charge in [0.15, 0.2) is 0 Å². The Morgan fingerprint density at radius 3 is 2.81 bits per heavy atom. The van der Waals surface area contributed by atoms with Gasteiger partial charge in [-0.1, -0.05) is 36.4 Å². The van der Waals surface area contributed by atoms with E-state index in [0.29, 0.717) is 30.4 Å². The summed E-state index contributed by atoms with van der Waals surface area (Å²) in [7, 11) is 1.59. The minimum absolute atomic E-state index is 0.00388. The minimum atomic E-state index is -0.220. The van der Waals surface area contributed by atoms with Gasteiger partial charge in [0.1, 0.15) is 5.75 Å². The van der Waals surface area contributed by atoms with Gasteiger partial charge in [-0.25, -0.2) is 4.98 Å². The van der Waals surface area contributed by atoms with Gasteiger partial charge >= 0.3 is 0 Å². The van der Waals surface area contributed by atoms with Gasteiger partial charge in [0, 0.05) is 24.9 Å². The maximum Gasteiger partial charge on any atom is 0.252 e. The third kappa shape index (κ3) is 3.67. The van der Waals surface area contributed by atoms with Crippen LogP contribution < -0.4 is 20.5 Å². The number of aromatic nitrogens is 2. The third-order valence-electron chi connectivity index (χ3n) is 6.12. The van der Waals surface area contributed by atoms with E-state index in [4.69, 9.17) is 4.74 Å². The zero-order valence-electron chi connectivity index (χ0n) is 17.3. The Morgan fingerprint density at radius 2 is 1.94 bits per heavy atom. The molecule has 1 aromatic heterocycles. The lowest BCUT2D eigenvalue weighted by atomic mass is 10.0. The van der Waals surface area contributed by atoms with Gasteiger partial charge in [0.2, 0.25) is 11.9 Å².